The molecule has 7 nitrogen and oxygen atoms in total. The molecule has 0 aliphatic heterocycles. The van der Waals surface area contributed by atoms with Crippen molar-refractivity contribution in [3.05, 3.63) is 0 Å². The maximum atomic E-state index is 12.3. The Kier molecular flexibility index (Phi) is 5.17. The standard InChI is InChI=1S/C8H20O7P2/c1-7(2,3)8(9,16(10,11)13-4)17(12,14-5)15-6/h9H,1-6H3,(H,10,11). The van der Waals surface area contributed by atoms with E-state index in [1.54, 1.807) is 0 Å². The molecule has 0 aromatic carbocycles. The van der Waals surface area contributed by atoms with Crippen molar-refractivity contribution in [1.29, 1.82) is 0 Å². The van der Waals surface area contributed by atoms with E-state index in [4.69, 9.17) is 0 Å². The summed E-state index contributed by atoms with van der Waals surface area (Å²) in [6.45, 7) is 4.29. The van der Waals surface area contributed by atoms with Crippen molar-refractivity contribution < 1.29 is 32.7 Å². The molecule has 0 saturated carbocycles. The molecule has 9 heteroatoms. The van der Waals surface area contributed by atoms with Crippen LogP contribution in [-0.4, -0.2) is 36.4 Å². The zero-order valence-corrected chi connectivity index (χ0v) is 12.6. The summed E-state index contributed by atoms with van der Waals surface area (Å²) in [5.41, 5.74) is -1.27. The van der Waals surface area contributed by atoms with Gasteiger partial charge in [-0.15, -0.1) is 0 Å². The van der Waals surface area contributed by atoms with Crippen molar-refractivity contribution in [3.63, 3.8) is 0 Å². The molecule has 0 amide bonds. The van der Waals surface area contributed by atoms with Crippen LogP contribution in [0.4, 0.5) is 0 Å². The van der Waals surface area contributed by atoms with Gasteiger partial charge < -0.3 is 23.6 Å². The number of aliphatic hydroxyl groups is 1. The quantitative estimate of drug-likeness (QED) is 0.746. The first-order chi connectivity index (χ1) is 7.43. The van der Waals surface area contributed by atoms with E-state index in [-0.39, 0.29) is 0 Å². The van der Waals surface area contributed by atoms with Crippen molar-refractivity contribution in [2.45, 2.75) is 25.9 Å². The summed E-state index contributed by atoms with van der Waals surface area (Å²) in [4.78, 5) is 9.73. The van der Waals surface area contributed by atoms with E-state index < -0.39 is 25.7 Å². The van der Waals surface area contributed by atoms with Gasteiger partial charge in [0.05, 0.1) is 0 Å². The molecule has 0 heterocycles. The van der Waals surface area contributed by atoms with Crippen LogP contribution in [0.2, 0.25) is 0 Å². The average molecular weight is 290 g/mol. The predicted octanol–water partition coefficient (Wildman–Crippen LogP) is 2.00. The maximum absolute atomic E-state index is 12.3. The molecule has 0 aliphatic carbocycles. The van der Waals surface area contributed by atoms with Crippen LogP contribution in [-0.2, 0) is 22.7 Å². The Hall–Kier alpha value is 0.260. The molecular weight excluding hydrogens is 270 g/mol. The van der Waals surface area contributed by atoms with E-state index in [1.165, 1.54) is 20.8 Å². The zero-order valence-electron chi connectivity index (χ0n) is 10.8. The number of hydrogen-bond donors (Lipinski definition) is 2. The molecule has 2 N–H and O–H groups in total. The van der Waals surface area contributed by atoms with Crippen LogP contribution in [0.1, 0.15) is 20.8 Å². The molecule has 0 spiro atoms. The van der Waals surface area contributed by atoms with Crippen LogP contribution in [0.25, 0.3) is 0 Å². The third kappa shape index (κ3) is 2.51. The molecule has 0 aliphatic rings. The molecule has 0 saturated heterocycles. The largest absolute Gasteiger partial charge is 0.374 e. The van der Waals surface area contributed by atoms with Gasteiger partial charge in [-0.3, -0.25) is 9.13 Å². The first kappa shape index (κ1) is 17.3. The van der Waals surface area contributed by atoms with Crippen molar-refractivity contribution in [2.24, 2.45) is 5.41 Å². The Balaban J connectivity index is 6.11. The van der Waals surface area contributed by atoms with Gasteiger partial charge >= 0.3 is 15.2 Å². The van der Waals surface area contributed by atoms with Crippen LogP contribution in [0, 0.1) is 5.41 Å². The van der Waals surface area contributed by atoms with Crippen molar-refractivity contribution in [3.8, 4) is 0 Å². The van der Waals surface area contributed by atoms with E-state index in [1.807, 2.05) is 0 Å². The first-order valence-corrected chi connectivity index (χ1v) is 7.88. The number of rotatable bonds is 5. The van der Waals surface area contributed by atoms with Gasteiger partial charge in [0.2, 0.25) is 0 Å². The fraction of sp³-hybridized carbons (Fsp3) is 1.00. The van der Waals surface area contributed by atoms with E-state index in [0.29, 0.717) is 0 Å². The molecule has 0 aromatic heterocycles. The average Bonchev–Trinajstić information content (AvgIpc) is 2.24. The van der Waals surface area contributed by atoms with Crippen LogP contribution >= 0.6 is 15.2 Å². The highest BCUT2D eigenvalue weighted by atomic mass is 31.2. The van der Waals surface area contributed by atoms with Crippen LogP contribution in [0.3, 0.4) is 0 Å². The zero-order chi connectivity index (χ0) is 14.1. The normalized spacial score (nSPS) is 20.7. The minimum atomic E-state index is -4.63. The van der Waals surface area contributed by atoms with Gasteiger partial charge in [-0.25, -0.2) is 0 Å². The summed E-state index contributed by atoms with van der Waals surface area (Å²) < 4.78 is 38.0. The Bertz CT molecular complexity index is 353. The lowest BCUT2D eigenvalue weighted by molar-refractivity contribution is 0.0306. The highest BCUT2D eigenvalue weighted by Gasteiger charge is 2.68. The fourth-order valence-electron chi connectivity index (χ4n) is 1.45. The van der Waals surface area contributed by atoms with E-state index >= 15 is 0 Å². The summed E-state index contributed by atoms with van der Waals surface area (Å²) in [7, 11) is -5.89. The van der Waals surface area contributed by atoms with E-state index in [2.05, 4.69) is 13.6 Å². The Morgan fingerprint density at radius 2 is 1.29 bits per heavy atom. The van der Waals surface area contributed by atoms with Crippen LogP contribution in [0.15, 0.2) is 0 Å². The highest BCUT2D eigenvalue weighted by molar-refractivity contribution is 7.73. The minimum absolute atomic E-state index is 0.938. The Morgan fingerprint density at radius 1 is 0.941 bits per heavy atom. The number of hydrogen-bond acceptors (Lipinski definition) is 6. The van der Waals surface area contributed by atoms with Gasteiger partial charge in [0.15, 0.2) is 0 Å². The van der Waals surface area contributed by atoms with E-state index in [9.17, 15) is 19.1 Å². The van der Waals surface area contributed by atoms with Gasteiger partial charge in [0.1, 0.15) is 0 Å². The van der Waals surface area contributed by atoms with Crippen LogP contribution < -0.4 is 0 Å². The second-order valence-electron chi connectivity index (χ2n) is 4.45. The van der Waals surface area contributed by atoms with Crippen LogP contribution in [0.5, 0.6) is 0 Å². The second kappa shape index (κ2) is 5.10. The minimum Gasteiger partial charge on any atom is -0.367 e. The molecule has 0 bridgehead atoms. The molecule has 17 heavy (non-hydrogen) atoms. The fourth-order valence-corrected chi connectivity index (χ4v) is 6.00. The lowest BCUT2D eigenvalue weighted by atomic mass is 9.98. The Morgan fingerprint density at radius 3 is 1.47 bits per heavy atom. The predicted molar refractivity (Wildman–Crippen MR) is 62.9 cm³/mol. The topological polar surface area (TPSA) is 102 Å². The summed E-state index contributed by atoms with van der Waals surface area (Å²) >= 11 is 0. The highest BCUT2D eigenvalue weighted by Crippen LogP contribution is 2.78. The smallest absolute Gasteiger partial charge is 0.367 e. The lowest BCUT2D eigenvalue weighted by Gasteiger charge is -2.43. The SMILES string of the molecule is COP(=O)(O)C(O)(C(C)(C)C)P(=O)(OC)OC. The molecule has 0 radical (unpaired) electrons. The lowest BCUT2D eigenvalue weighted by Crippen LogP contribution is -2.43. The molecule has 0 aromatic rings. The van der Waals surface area contributed by atoms with E-state index in [0.717, 1.165) is 21.3 Å². The van der Waals surface area contributed by atoms with Crippen molar-refractivity contribution in [2.75, 3.05) is 21.3 Å². The monoisotopic (exact) mass is 290 g/mol. The summed E-state index contributed by atoms with van der Waals surface area (Å²) in [6.07, 6.45) is 0. The first-order valence-electron chi connectivity index (χ1n) is 4.76. The molecule has 0 rings (SSSR count). The molecule has 0 fully saturated rings. The van der Waals surface area contributed by atoms with Crippen molar-refractivity contribution in [1.82, 2.24) is 0 Å². The van der Waals surface area contributed by atoms with Gasteiger partial charge in [-0.2, -0.15) is 0 Å². The second-order valence-corrected chi connectivity index (χ2v) is 9.23. The molecule has 104 valence electrons. The Labute approximate surface area is 101 Å². The maximum Gasteiger partial charge on any atom is 0.374 e. The molecule has 2 unspecified atom stereocenters. The third-order valence-corrected chi connectivity index (χ3v) is 8.35. The van der Waals surface area contributed by atoms with Gasteiger partial charge in [-0.1, -0.05) is 20.8 Å². The van der Waals surface area contributed by atoms with Crippen molar-refractivity contribution >= 4 is 15.2 Å². The summed E-state index contributed by atoms with van der Waals surface area (Å²) in [6, 6.07) is 0. The van der Waals surface area contributed by atoms with Gasteiger partial charge in [0, 0.05) is 26.7 Å². The third-order valence-electron chi connectivity index (χ3n) is 2.51. The van der Waals surface area contributed by atoms with Gasteiger partial charge in [-0.05, 0) is 0 Å². The molecule has 2 atom stereocenters. The molecular formula is C8H20O7P2. The summed E-state index contributed by atoms with van der Waals surface area (Å²) in [5, 5.41) is 7.78. The van der Waals surface area contributed by atoms with Gasteiger partial charge in [0.25, 0.3) is 5.08 Å². The summed E-state index contributed by atoms with van der Waals surface area (Å²) in [5.74, 6) is 0.